The Labute approximate surface area is 168 Å². The van der Waals surface area contributed by atoms with Crippen LogP contribution in [0.15, 0.2) is 55.6 Å². The molecule has 1 aromatic carbocycles. The molecule has 134 valence electrons. The highest BCUT2D eigenvalue weighted by Gasteiger charge is 2.08. The molecular formula is C17H16N4OS4. The van der Waals surface area contributed by atoms with Crippen molar-refractivity contribution in [1.29, 1.82) is 0 Å². The summed E-state index contributed by atoms with van der Waals surface area (Å²) >= 11 is 6.10. The summed E-state index contributed by atoms with van der Waals surface area (Å²) in [5.41, 5.74) is 5.03. The molecule has 0 radical (unpaired) electrons. The molecule has 0 aliphatic rings. The van der Waals surface area contributed by atoms with Crippen LogP contribution in [0, 0.1) is 6.92 Å². The van der Waals surface area contributed by atoms with Crippen LogP contribution in [-0.2, 0) is 10.5 Å². The van der Waals surface area contributed by atoms with E-state index in [0.717, 1.165) is 19.3 Å². The van der Waals surface area contributed by atoms with Gasteiger partial charge in [0.05, 0.1) is 12.0 Å². The van der Waals surface area contributed by atoms with Crippen LogP contribution >= 0.6 is 46.2 Å². The maximum Gasteiger partial charge on any atom is 0.250 e. The van der Waals surface area contributed by atoms with Gasteiger partial charge in [0.2, 0.25) is 0 Å². The lowest BCUT2D eigenvalue weighted by Gasteiger charge is -1.99. The van der Waals surface area contributed by atoms with Crippen molar-refractivity contribution in [2.75, 3.05) is 5.75 Å². The predicted octanol–water partition coefficient (Wildman–Crippen LogP) is 4.44. The van der Waals surface area contributed by atoms with Crippen LogP contribution in [0.3, 0.4) is 0 Å². The Kier molecular flexibility index (Phi) is 7.24. The molecule has 2 heterocycles. The minimum absolute atomic E-state index is 0.160. The van der Waals surface area contributed by atoms with Crippen molar-refractivity contribution in [3.63, 3.8) is 0 Å². The Hall–Kier alpha value is -1.68. The van der Waals surface area contributed by atoms with Gasteiger partial charge >= 0.3 is 0 Å². The fourth-order valence-corrected chi connectivity index (χ4v) is 5.19. The number of hydrazone groups is 1. The van der Waals surface area contributed by atoms with E-state index < -0.39 is 0 Å². The third-order valence-electron chi connectivity index (χ3n) is 3.12. The zero-order valence-electron chi connectivity index (χ0n) is 13.9. The van der Waals surface area contributed by atoms with Gasteiger partial charge in [-0.15, -0.1) is 21.5 Å². The van der Waals surface area contributed by atoms with Crippen molar-refractivity contribution in [1.82, 2.24) is 15.6 Å². The van der Waals surface area contributed by atoms with Gasteiger partial charge in [-0.25, -0.2) is 5.43 Å². The number of nitrogens with zero attached hydrogens (tertiary/aromatic N) is 3. The number of hydrogen-bond donors (Lipinski definition) is 1. The maximum absolute atomic E-state index is 11.8. The van der Waals surface area contributed by atoms with E-state index in [-0.39, 0.29) is 11.7 Å². The molecule has 2 aromatic heterocycles. The molecule has 0 saturated heterocycles. The summed E-state index contributed by atoms with van der Waals surface area (Å²) in [5, 5.41) is 14.2. The number of thiophene rings is 1. The van der Waals surface area contributed by atoms with Gasteiger partial charge in [0.15, 0.2) is 8.68 Å². The molecule has 5 nitrogen and oxygen atoms in total. The molecule has 1 N–H and O–H groups in total. The van der Waals surface area contributed by atoms with Crippen molar-refractivity contribution in [2.24, 2.45) is 5.10 Å². The average Bonchev–Trinajstić information content (AvgIpc) is 3.31. The number of hydrogen-bond acceptors (Lipinski definition) is 8. The van der Waals surface area contributed by atoms with Crippen molar-refractivity contribution < 1.29 is 4.79 Å². The molecule has 3 rings (SSSR count). The van der Waals surface area contributed by atoms with Crippen LogP contribution in [0.25, 0.3) is 0 Å². The number of amides is 1. The van der Waals surface area contributed by atoms with Gasteiger partial charge in [0.25, 0.3) is 5.91 Å². The van der Waals surface area contributed by atoms with Crippen molar-refractivity contribution in [2.45, 2.75) is 21.4 Å². The Morgan fingerprint density at radius 1 is 1.19 bits per heavy atom. The van der Waals surface area contributed by atoms with E-state index in [0.29, 0.717) is 0 Å². The Morgan fingerprint density at radius 3 is 2.69 bits per heavy atom. The first-order valence-corrected chi connectivity index (χ1v) is 11.4. The summed E-state index contributed by atoms with van der Waals surface area (Å²) in [6, 6.07) is 12.3. The van der Waals surface area contributed by atoms with Crippen LogP contribution in [0.1, 0.15) is 16.0 Å². The van der Waals surface area contributed by atoms with Gasteiger partial charge in [-0.05, 0) is 23.9 Å². The number of aromatic nitrogens is 2. The lowest BCUT2D eigenvalue weighted by Crippen LogP contribution is -2.19. The van der Waals surface area contributed by atoms with Crippen LogP contribution in [0.5, 0.6) is 0 Å². The zero-order valence-corrected chi connectivity index (χ0v) is 17.2. The Balaban J connectivity index is 1.40. The largest absolute Gasteiger partial charge is 0.272 e. The summed E-state index contributed by atoms with van der Waals surface area (Å²) in [4.78, 5) is 12.8. The third kappa shape index (κ3) is 6.24. The van der Waals surface area contributed by atoms with Gasteiger partial charge in [0, 0.05) is 10.6 Å². The van der Waals surface area contributed by atoms with E-state index in [1.54, 1.807) is 29.3 Å². The van der Waals surface area contributed by atoms with Crippen molar-refractivity contribution in [3.05, 3.63) is 57.8 Å². The van der Waals surface area contributed by atoms with Crippen LogP contribution in [-0.4, -0.2) is 28.1 Å². The minimum atomic E-state index is -0.160. The number of aryl methyl sites for hydroxylation is 1. The standard InChI is InChI=1S/C17H16N4OS4/c1-12-4-6-13(7-5-12)10-24-16-20-21-17(26-16)25-11-15(22)19-18-9-14-3-2-8-23-14/h2-9H,10-11H2,1H3,(H,19,22)/b18-9-. The van der Waals surface area contributed by atoms with E-state index in [2.05, 4.69) is 51.9 Å². The number of rotatable bonds is 8. The molecule has 0 aliphatic heterocycles. The maximum atomic E-state index is 11.8. The molecule has 3 aromatic rings. The number of benzene rings is 1. The van der Waals surface area contributed by atoms with Gasteiger partial charge in [-0.2, -0.15) is 5.10 Å². The quantitative estimate of drug-likeness (QED) is 0.331. The van der Waals surface area contributed by atoms with E-state index >= 15 is 0 Å². The highest BCUT2D eigenvalue weighted by atomic mass is 32.2. The molecular weight excluding hydrogens is 404 g/mol. The van der Waals surface area contributed by atoms with E-state index in [1.165, 1.54) is 34.2 Å². The topological polar surface area (TPSA) is 67.2 Å². The molecule has 0 fully saturated rings. The second-order valence-electron chi connectivity index (χ2n) is 5.21. The first-order chi connectivity index (χ1) is 12.7. The Morgan fingerprint density at radius 2 is 1.96 bits per heavy atom. The van der Waals surface area contributed by atoms with Gasteiger partial charge in [-0.1, -0.05) is 70.8 Å². The summed E-state index contributed by atoms with van der Waals surface area (Å²) in [6.45, 7) is 2.08. The molecule has 0 bridgehead atoms. The SMILES string of the molecule is Cc1ccc(CSc2nnc(SCC(=O)N/N=C\c3cccs3)s2)cc1. The number of carbonyl (C=O) groups excluding carboxylic acids is 1. The number of carbonyl (C=O) groups is 1. The van der Waals surface area contributed by atoms with Crippen LogP contribution in [0.4, 0.5) is 0 Å². The van der Waals surface area contributed by atoms with Crippen LogP contribution in [0.2, 0.25) is 0 Å². The summed E-state index contributed by atoms with van der Waals surface area (Å²) in [6.07, 6.45) is 1.64. The molecule has 0 spiro atoms. The molecule has 0 aliphatic carbocycles. The molecule has 9 heteroatoms. The molecule has 0 saturated carbocycles. The van der Waals surface area contributed by atoms with E-state index in [9.17, 15) is 4.79 Å². The average molecular weight is 421 g/mol. The molecule has 26 heavy (non-hydrogen) atoms. The minimum Gasteiger partial charge on any atom is -0.272 e. The fourth-order valence-electron chi connectivity index (χ4n) is 1.84. The van der Waals surface area contributed by atoms with Gasteiger partial charge in [-0.3, -0.25) is 4.79 Å². The lowest BCUT2D eigenvalue weighted by molar-refractivity contribution is -0.118. The Bertz CT molecular complexity index is 859. The first-order valence-electron chi connectivity index (χ1n) is 7.69. The normalized spacial score (nSPS) is 11.1. The number of thioether (sulfide) groups is 2. The second-order valence-corrected chi connectivity index (χ2v) is 9.61. The molecule has 0 atom stereocenters. The lowest BCUT2D eigenvalue weighted by atomic mass is 10.2. The van der Waals surface area contributed by atoms with E-state index in [1.807, 2.05) is 17.5 Å². The van der Waals surface area contributed by atoms with Crippen molar-refractivity contribution >= 4 is 58.3 Å². The monoisotopic (exact) mass is 420 g/mol. The highest BCUT2D eigenvalue weighted by Crippen LogP contribution is 2.30. The highest BCUT2D eigenvalue weighted by molar-refractivity contribution is 8.03. The zero-order chi connectivity index (χ0) is 18.2. The first kappa shape index (κ1) is 19.1. The number of nitrogens with one attached hydrogen (secondary N) is 1. The molecule has 1 amide bonds. The van der Waals surface area contributed by atoms with Crippen LogP contribution < -0.4 is 5.43 Å². The molecule has 0 unspecified atom stereocenters. The summed E-state index contributed by atoms with van der Waals surface area (Å²) in [5.74, 6) is 0.961. The smallest absolute Gasteiger partial charge is 0.250 e. The van der Waals surface area contributed by atoms with E-state index in [4.69, 9.17) is 0 Å². The predicted molar refractivity (Wildman–Crippen MR) is 111 cm³/mol. The second kappa shape index (κ2) is 9.86. The summed E-state index contributed by atoms with van der Waals surface area (Å²) in [7, 11) is 0. The fraction of sp³-hybridized carbons (Fsp3) is 0.176. The van der Waals surface area contributed by atoms with Gasteiger partial charge in [0.1, 0.15) is 0 Å². The van der Waals surface area contributed by atoms with Crippen molar-refractivity contribution in [3.8, 4) is 0 Å². The van der Waals surface area contributed by atoms with Gasteiger partial charge < -0.3 is 0 Å². The third-order valence-corrected chi connectivity index (χ3v) is 7.19. The summed E-state index contributed by atoms with van der Waals surface area (Å²) < 4.78 is 1.69.